The van der Waals surface area contributed by atoms with Crippen LogP contribution in [0.4, 0.5) is 9.59 Å². The lowest BCUT2D eigenvalue weighted by Crippen LogP contribution is -2.55. The minimum Gasteiger partial charge on any atom is -0.337 e. The molecule has 1 fully saturated rings. The first-order valence-electron chi connectivity index (χ1n) is 16.8. The summed E-state index contributed by atoms with van der Waals surface area (Å²) in [6.07, 6.45) is 1.46. The second-order valence-corrected chi connectivity index (χ2v) is 15.4. The molecule has 2 unspecified atom stereocenters. The Hall–Kier alpha value is -2.88. The van der Waals surface area contributed by atoms with Crippen molar-refractivity contribution in [1.82, 2.24) is 20.3 Å². The van der Waals surface area contributed by atoms with E-state index >= 15 is 0 Å². The third-order valence-electron chi connectivity index (χ3n) is 9.39. The van der Waals surface area contributed by atoms with Crippen LogP contribution in [0.5, 0.6) is 0 Å². The van der Waals surface area contributed by atoms with Crippen LogP contribution in [0.1, 0.15) is 103 Å². The largest absolute Gasteiger partial charge is 0.337 e. The van der Waals surface area contributed by atoms with Crippen LogP contribution in [0.2, 0.25) is 0 Å². The van der Waals surface area contributed by atoms with Gasteiger partial charge in [-0.05, 0) is 90.0 Å². The van der Waals surface area contributed by atoms with Crippen molar-refractivity contribution in [2.45, 2.75) is 105 Å². The number of hydrogen-bond acceptors (Lipinski definition) is 5. The monoisotopic (exact) mass is 619 g/mol. The van der Waals surface area contributed by atoms with Gasteiger partial charge in [0.1, 0.15) is 0 Å². The summed E-state index contributed by atoms with van der Waals surface area (Å²) in [4.78, 5) is 40.2. The van der Waals surface area contributed by atoms with Crippen LogP contribution < -0.4 is 15.4 Å². The van der Waals surface area contributed by atoms with Gasteiger partial charge in [-0.2, -0.15) is 0 Å². The molecule has 0 aromatic heterocycles. The van der Waals surface area contributed by atoms with Crippen molar-refractivity contribution < 1.29 is 26.9 Å². The number of carbonyl (C=O) groups excluding carboxylic acids is 3. The van der Waals surface area contributed by atoms with E-state index in [-0.39, 0.29) is 41.6 Å². The van der Waals surface area contributed by atoms with Crippen LogP contribution in [-0.2, 0) is 14.8 Å². The number of rotatable bonds is 9. The second kappa shape index (κ2) is 13.4. The average molecular weight is 620 g/mol. The maximum Gasteiger partial charge on any atom is 0.328 e. The van der Waals surface area contributed by atoms with E-state index in [1.54, 1.807) is 13.0 Å². The molecule has 1 aliphatic carbocycles. The van der Waals surface area contributed by atoms with E-state index in [2.05, 4.69) is 15.4 Å². The molecule has 1 aromatic carbocycles. The molecule has 240 valence electrons. The zero-order valence-electron chi connectivity index (χ0n) is 30.1. The third kappa shape index (κ3) is 7.80. The van der Waals surface area contributed by atoms with E-state index in [1.807, 2.05) is 55.4 Å². The minimum atomic E-state index is -4.20. The van der Waals surface area contributed by atoms with Crippen LogP contribution in [-0.4, -0.2) is 50.4 Å². The number of urea groups is 2. The molecule has 2 aliphatic rings. The Kier molecular flexibility index (Phi) is 9.40. The van der Waals surface area contributed by atoms with Crippen LogP contribution in [0, 0.1) is 36.0 Å². The Labute approximate surface area is 262 Å². The van der Waals surface area contributed by atoms with Gasteiger partial charge in [0.15, 0.2) is 0 Å². The molecular formula is C33H52N4O5S. The first-order chi connectivity index (χ1) is 21.1. The van der Waals surface area contributed by atoms with Crippen molar-refractivity contribution in [2.75, 3.05) is 13.1 Å². The molecule has 3 N–H and O–H groups in total. The fourth-order valence-electron chi connectivity index (χ4n) is 6.20. The number of aryl methyl sites for hydroxylation is 1. The van der Waals surface area contributed by atoms with Crippen molar-refractivity contribution in [2.24, 2.45) is 29.1 Å². The average Bonchev–Trinajstić information content (AvgIpc) is 3.24. The first-order valence-corrected chi connectivity index (χ1v) is 16.8. The number of imide groups is 1. The predicted octanol–water partition coefficient (Wildman–Crippen LogP) is 6.10. The number of amides is 5. The van der Waals surface area contributed by atoms with Crippen LogP contribution in [0.25, 0.3) is 0 Å². The first kappa shape index (κ1) is 30.2. The van der Waals surface area contributed by atoms with E-state index in [4.69, 9.17) is 4.11 Å². The standard InChI is InChI=1S/C33H52N4O5S/c1-19(2)15-27-28(20(3)4)18-37(30(27)38)32(40)34-17-23(7)26-13-12-25(16-22(26)6)43(41,42)36-31(39)35-29-14-11-21(5)24(8)33(29,9)10/h12-13,16,19-21,23-24,29H,11,14-15,17-18H2,1-10H3,(H,34,40)(H2,35,36,39)/t21-,23?,24?,29-/m1/s1/i5D3. The highest BCUT2D eigenvalue weighted by molar-refractivity contribution is 7.90. The second-order valence-electron chi connectivity index (χ2n) is 13.7. The molecule has 1 aliphatic heterocycles. The summed E-state index contributed by atoms with van der Waals surface area (Å²) in [6.45, 7) is 15.9. The molecule has 0 bridgehead atoms. The molecule has 9 nitrogen and oxygen atoms in total. The number of sulfonamides is 1. The molecule has 0 radical (unpaired) electrons. The highest BCUT2D eigenvalue weighted by Crippen LogP contribution is 2.43. The zero-order valence-corrected chi connectivity index (χ0v) is 27.9. The Morgan fingerprint density at radius 1 is 1.14 bits per heavy atom. The lowest BCUT2D eigenvalue weighted by Gasteiger charge is -2.47. The number of hydrogen-bond donors (Lipinski definition) is 3. The Morgan fingerprint density at radius 3 is 2.40 bits per heavy atom. The molecule has 1 heterocycles. The highest BCUT2D eigenvalue weighted by Gasteiger charge is 2.42. The summed E-state index contributed by atoms with van der Waals surface area (Å²) in [5, 5.41) is 5.64. The Morgan fingerprint density at radius 2 is 1.81 bits per heavy atom. The number of carbonyl (C=O) groups is 3. The summed E-state index contributed by atoms with van der Waals surface area (Å²) in [5.74, 6) is -0.690. The van der Waals surface area contributed by atoms with Gasteiger partial charge in [-0.3, -0.25) is 9.69 Å². The lowest BCUT2D eigenvalue weighted by molar-refractivity contribution is -0.123. The summed E-state index contributed by atoms with van der Waals surface area (Å²) in [5.41, 5.74) is 2.65. The molecule has 43 heavy (non-hydrogen) atoms. The van der Waals surface area contributed by atoms with E-state index in [1.165, 1.54) is 17.0 Å². The predicted molar refractivity (Wildman–Crippen MR) is 170 cm³/mol. The third-order valence-corrected chi connectivity index (χ3v) is 10.7. The van der Waals surface area contributed by atoms with Crippen molar-refractivity contribution in [3.8, 4) is 0 Å². The van der Waals surface area contributed by atoms with E-state index in [0.29, 0.717) is 30.7 Å². The normalized spacial score (nSPS) is 24.4. The van der Waals surface area contributed by atoms with Crippen LogP contribution >= 0.6 is 0 Å². The maximum atomic E-state index is 13.1. The number of nitrogens with zero attached hydrogens (tertiary/aromatic N) is 1. The van der Waals surface area contributed by atoms with Gasteiger partial charge in [0, 0.05) is 22.3 Å². The quantitative estimate of drug-likeness (QED) is 0.308. The van der Waals surface area contributed by atoms with Crippen molar-refractivity contribution in [3.05, 3.63) is 40.5 Å². The molecule has 0 spiro atoms. The lowest BCUT2D eigenvalue weighted by atomic mass is 9.62. The highest BCUT2D eigenvalue weighted by atomic mass is 32.2. The van der Waals surface area contributed by atoms with Gasteiger partial charge in [-0.1, -0.05) is 68.3 Å². The maximum absolute atomic E-state index is 13.1. The van der Waals surface area contributed by atoms with E-state index < -0.39 is 46.3 Å². The fourth-order valence-corrected chi connectivity index (χ4v) is 7.20. The van der Waals surface area contributed by atoms with Gasteiger partial charge in [0.2, 0.25) is 0 Å². The number of benzene rings is 1. The van der Waals surface area contributed by atoms with E-state index in [9.17, 15) is 22.8 Å². The number of nitrogens with one attached hydrogen (secondary N) is 3. The Bertz CT molecular complexity index is 1470. The molecule has 3 rings (SSSR count). The molecule has 0 saturated heterocycles. The van der Waals surface area contributed by atoms with Crippen molar-refractivity contribution in [1.29, 1.82) is 0 Å². The molecule has 1 saturated carbocycles. The molecular weight excluding hydrogens is 564 g/mol. The molecule has 1 aromatic rings. The minimum absolute atomic E-state index is 0.0773. The fraction of sp³-hybridized carbons (Fsp3) is 0.667. The van der Waals surface area contributed by atoms with Gasteiger partial charge in [0.05, 0.1) is 11.4 Å². The SMILES string of the molecule is [2H]C([2H])([2H])[C@@H]1CC[C@@H](NC(=O)NS(=O)(=O)c2ccc(C(C)CNC(=O)N3CC(C(C)C)=C(CC(C)C)C3=O)c(C)c2)C(C)(C)C1C. The summed E-state index contributed by atoms with van der Waals surface area (Å²) >= 11 is 0. The molecule has 5 amide bonds. The van der Waals surface area contributed by atoms with Crippen LogP contribution in [0.15, 0.2) is 34.2 Å². The van der Waals surface area contributed by atoms with Crippen molar-refractivity contribution >= 4 is 28.0 Å². The van der Waals surface area contributed by atoms with Gasteiger partial charge in [0.25, 0.3) is 15.9 Å². The Balaban J connectivity index is 1.62. The van der Waals surface area contributed by atoms with Crippen LogP contribution in [0.3, 0.4) is 0 Å². The van der Waals surface area contributed by atoms with Crippen molar-refractivity contribution in [3.63, 3.8) is 0 Å². The van der Waals surface area contributed by atoms with Gasteiger partial charge < -0.3 is 10.6 Å². The topological polar surface area (TPSA) is 125 Å². The van der Waals surface area contributed by atoms with Gasteiger partial charge >= 0.3 is 12.1 Å². The summed E-state index contributed by atoms with van der Waals surface area (Å²) in [7, 11) is -4.20. The van der Waals surface area contributed by atoms with Gasteiger partial charge in [-0.25, -0.2) is 22.7 Å². The zero-order chi connectivity index (χ0) is 34.9. The summed E-state index contributed by atoms with van der Waals surface area (Å²) in [6, 6.07) is 2.85. The smallest absolute Gasteiger partial charge is 0.328 e. The van der Waals surface area contributed by atoms with Gasteiger partial charge in [-0.15, -0.1) is 0 Å². The molecule has 4 atom stereocenters. The van der Waals surface area contributed by atoms with E-state index in [0.717, 1.165) is 16.7 Å². The summed E-state index contributed by atoms with van der Waals surface area (Å²) < 4.78 is 52.0. The molecule has 10 heteroatoms.